The summed E-state index contributed by atoms with van der Waals surface area (Å²) in [5.74, 6) is 0.539. The molecule has 110 valence electrons. The molecule has 0 spiro atoms. The van der Waals surface area contributed by atoms with Gasteiger partial charge in [-0.1, -0.05) is 36.8 Å². The van der Waals surface area contributed by atoms with Gasteiger partial charge in [0.15, 0.2) is 0 Å². The summed E-state index contributed by atoms with van der Waals surface area (Å²) in [4.78, 5) is 12.2. The van der Waals surface area contributed by atoms with E-state index in [9.17, 15) is 4.79 Å². The molecule has 0 heterocycles. The summed E-state index contributed by atoms with van der Waals surface area (Å²) >= 11 is 0. The minimum atomic E-state index is -0.0992. The Morgan fingerprint density at radius 2 is 2.15 bits per heavy atom. The van der Waals surface area contributed by atoms with E-state index in [0.29, 0.717) is 19.0 Å². The standard InChI is InChI=1S/C16H24N2O2/c1-20-15(12-6-3-2-4-7-12)11-18-16(19)14-9-5-8-13(14)10-17/h2-4,6-7,13-15H,5,8-11,17H2,1H3,(H,18,19)/t13-,14-,15?/m1/s1. The number of hydrogen-bond acceptors (Lipinski definition) is 3. The molecule has 1 aromatic rings. The van der Waals surface area contributed by atoms with Gasteiger partial charge in [0.05, 0.1) is 6.10 Å². The highest BCUT2D eigenvalue weighted by atomic mass is 16.5. The lowest BCUT2D eigenvalue weighted by atomic mass is 9.95. The minimum absolute atomic E-state index is 0.0771. The Hall–Kier alpha value is -1.39. The molecule has 1 saturated carbocycles. The van der Waals surface area contributed by atoms with E-state index in [0.717, 1.165) is 24.8 Å². The average molecular weight is 276 g/mol. The number of carbonyl (C=O) groups is 1. The Balaban J connectivity index is 1.88. The van der Waals surface area contributed by atoms with Crippen LogP contribution in [0.2, 0.25) is 0 Å². The molecule has 0 radical (unpaired) electrons. The van der Waals surface area contributed by atoms with Gasteiger partial charge in [-0.15, -0.1) is 0 Å². The van der Waals surface area contributed by atoms with Gasteiger partial charge in [-0.05, 0) is 30.9 Å². The fourth-order valence-electron chi connectivity index (χ4n) is 2.99. The van der Waals surface area contributed by atoms with Crippen LogP contribution in [0.4, 0.5) is 0 Å². The van der Waals surface area contributed by atoms with Crippen LogP contribution >= 0.6 is 0 Å². The number of nitrogens with two attached hydrogens (primary N) is 1. The van der Waals surface area contributed by atoms with Crippen molar-refractivity contribution < 1.29 is 9.53 Å². The van der Waals surface area contributed by atoms with Gasteiger partial charge in [-0.2, -0.15) is 0 Å². The van der Waals surface area contributed by atoms with Crippen LogP contribution in [0.15, 0.2) is 30.3 Å². The van der Waals surface area contributed by atoms with E-state index in [1.165, 1.54) is 0 Å². The fourth-order valence-corrected chi connectivity index (χ4v) is 2.99. The van der Waals surface area contributed by atoms with Crippen LogP contribution in [-0.4, -0.2) is 26.1 Å². The van der Waals surface area contributed by atoms with Crippen LogP contribution in [0.1, 0.15) is 30.9 Å². The largest absolute Gasteiger partial charge is 0.375 e. The molecule has 3 N–H and O–H groups in total. The van der Waals surface area contributed by atoms with Crippen molar-refractivity contribution in [3.05, 3.63) is 35.9 Å². The Morgan fingerprint density at radius 1 is 1.40 bits per heavy atom. The Labute approximate surface area is 120 Å². The van der Waals surface area contributed by atoms with Crippen molar-refractivity contribution in [2.45, 2.75) is 25.4 Å². The number of amides is 1. The predicted molar refractivity (Wildman–Crippen MR) is 79.1 cm³/mol. The first-order chi connectivity index (χ1) is 9.76. The molecule has 0 saturated heterocycles. The normalized spacial score (nSPS) is 23.5. The van der Waals surface area contributed by atoms with Gasteiger partial charge in [0.1, 0.15) is 0 Å². The number of methoxy groups -OCH3 is 1. The molecule has 1 aliphatic rings. The lowest BCUT2D eigenvalue weighted by Gasteiger charge is -2.20. The lowest BCUT2D eigenvalue weighted by molar-refractivity contribution is -0.126. The maximum Gasteiger partial charge on any atom is 0.223 e. The topological polar surface area (TPSA) is 64.3 Å². The summed E-state index contributed by atoms with van der Waals surface area (Å²) in [6.07, 6.45) is 3.03. The van der Waals surface area contributed by atoms with Gasteiger partial charge in [-0.25, -0.2) is 0 Å². The van der Waals surface area contributed by atoms with Crippen LogP contribution in [-0.2, 0) is 9.53 Å². The van der Waals surface area contributed by atoms with E-state index in [4.69, 9.17) is 10.5 Å². The summed E-state index contributed by atoms with van der Waals surface area (Å²) in [5.41, 5.74) is 6.81. The summed E-state index contributed by atoms with van der Waals surface area (Å²) in [6.45, 7) is 1.11. The van der Waals surface area contributed by atoms with E-state index in [2.05, 4.69) is 5.32 Å². The molecule has 20 heavy (non-hydrogen) atoms. The quantitative estimate of drug-likeness (QED) is 0.833. The summed E-state index contributed by atoms with van der Waals surface area (Å²) in [7, 11) is 1.67. The van der Waals surface area contributed by atoms with Crippen molar-refractivity contribution in [3.63, 3.8) is 0 Å². The molecule has 1 unspecified atom stereocenters. The number of benzene rings is 1. The van der Waals surface area contributed by atoms with Crippen LogP contribution in [0, 0.1) is 11.8 Å². The predicted octanol–water partition coefficient (Wildman–Crippen LogP) is 1.87. The van der Waals surface area contributed by atoms with Crippen LogP contribution in [0.3, 0.4) is 0 Å². The molecule has 4 heteroatoms. The van der Waals surface area contributed by atoms with Crippen LogP contribution in [0.25, 0.3) is 0 Å². The summed E-state index contributed by atoms with van der Waals surface area (Å²) < 4.78 is 5.46. The maximum atomic E-state index is 12.2. The highest BCUT2D eigenvalue weighted by Gasteiger charge is 2.32. The van der Waals surface area contributed by atoms with Gasteiger partial charge in [0, 0.05) is 19.6 Å². The molecule has 4 nitrogen and oxygen atoms in total. The van der Waals surface area contributed by atoms with Crippen LogP contribution in [0.5, 0.6) is 0 Å². The van der Waals surface area contributed by atoms with E-state index >= 15 is 0 Å². The fraction of sp³-hybridized carbons (Fsp3) is 0.562. The van der Waals surface area contributed by atoms with Gasteiger partial charge >= 0.3 is 0 Å². The zero-order valence-electron chi connectivity index (χ0n) is 12.0. The number of ether oxygens (including phenoxy) is 1. The van der Waals surface area contributed by atoms with Crippen molar-refractivity contribution in [1.82, 2.24) is 5.32 Å². The van der Waals surface area contributed by atoms with Gasteiger partial charge in [-0.3, -0.25) is 4.79 Å². The molecule has 1 aromatic carbocycles. The van der Waals surface area contributed by atoms with Crippen molar-refractivity contribution in [2.75, 3.05) is 20.2 Å². The zero-order chi connectivity index (χ0) is 14.4. The van der Waals surface area contributed by atoms with Crippen molar-refractivity contribution in [1.29, 1.82) is 0 Å². The number of hydrogen-bond donors (Lipinski definition) is 2. The third-order valence-electron chi connectivity index (χ3n) is 4.22. The molecule has 0 bridgehead atoms. The van der Waals surface area contributed by atoms with E-state index < -0.39 is 0 Å². The molecule has 2 rings (SSSR count). The highest BCUT2D eigenvalue weighted by Crippen LogP contribution is 2.31. The van der Waals surface area contributed by atoms with Crippen molar-refractivity contribution in [3.8, 4) is 0 Å². The van der Waals surface area contributed by atoms with E-state index in [-0.39, 0.29) is 17.9 Å². The second-order valence-electron chi connectivity index (χ2n) is 5.41. The molecular formula is C16H24N2O2. The van der Waals surface area contributed by atoms with Crippen LogP contribution < -0.4 is 11.1 Å². The SMILES string of the molecule is COC(CNC(=O)[C@@H]1CCC[C@@H]1CN)c1ccccc1. The molecule has 0 aliphatic heterocycles. The van der Waals surface area contributed by atoms with Crippen molar-refractivity contribution >= 4 is 5.91 Å². The zero-order valence-corrected chi connectivity index (χ0v) is 12.0. The van der Waals surface area contributed by atoms with Gasteiger partial charge < -0.3 is 15.8 Å². The number of rotatable bonds is 6. The molecule has 1 amide bonds. The number of carbonyl (C=O) groups excluding carboxylic acids is 1. The lowest BCUT2D eigenvalue weighted by Crippen LogP contribution is -2.37. The smallest absolute Gasteiger partial charge is 0.223 e. The summed E-state index contributed by atoms with van der Waals surface area (Å²) in [5, 5.41) is 3.02. The second kappa shape index (κ2) is 7.41. The first-order valence-electron chi connectivity index (χ1n) is 7.31. The first kappa shape index (κ1) is 15.0. The van der Waals surface area contributed by atoms with Gasteiger partial charge in [0.2, 0.25) is 5.91 Å². The van der Waals surface area contributed by atoms with Crippen molar-refractivity contribution in [2.24, 2.45) is 17.6 Å². The van der Waals surface area contributed by atoms with E-state index in [1.807, 2.05) is 30.3 Å². The van der Waals surface area contributed by atoms with Gasteiger partial charge in [0.25, 0.3) is 0 Å². The molecule has 0 aromatic heterocycles. The Kier molecular flexibility index (Phi) is 5.56. The Bertz CT molecular complexity index is 422. The highest BCUT2D eigenvalue weighted by molar-refractivity contribution is 5.79. The summed E-state index contributed by atoms with van der Waals surface area (Å²) in [6, 6.07) is 9.95. The molecule has 3 atom stereocenters. The second-order valence-corrected chi connectivity index (χ2v) is 5.41. The van der Waals surface area contributed by atoms with E-state index in [1.54, 1.807) is 7.11 Å². The third-order valence-corrected chi connectivity index (χ3v) is 4.22. The maximum absolute atomic E-state index is 12.2. The Morgan fingerprint density at radius 3 is 2.80 bits per heavy atom. The molecular weight excluding hydrogens is 252 g/mol. The average Bonchev–Trinajstić information content (AvgIpc) is 2.97. The molecule has 1 aliphatic carbocycles. The third kappa shape index (κ3) is 3.58. The monoisotopic (exact) mass is 276 g/mol. The minimum Gasteiger partial charge on any atom is -0.375 e. The number of nitrogens with one attached hydrogen (secondary N) is 1. The molecule has 1 fully saturated rings. The first-order valence-corrected chi connectivity index (χ1v) is 7.31.